The van der Waals surface area contributed by atoms with E-state index in [4.69, 9.17) is 5.73 Å². The molecule has 0 unspecified atom stereocenters. The molecule has 17 heavy (non-hydrogen) atoms. The van der Waals surface area contributed by atoms with Crippen LogP contribution < -0.4 is 11.1 Å². The van der Waals surface area contributed by atoms with Crippen LogP contribution >= 0.6 is 0 Å². The zero-order valence-electron chi connectivity index (χ0n) is 9.76. The van der Waals surface area contributed by atoms with Crippen molar-refractivity contribution in [3.63, 3.8) is 0 Å². The summed E-state index contributed by atoms with van der Waals surface area (Å²) in [6, 6.07) is -1.64. The monoisotopic (exact) mass is 253 g/mol. The van der Waals surface area contributed by atoms with Crippen LogP contribution in [0, 0.1) is 5.92 Å². The summed E-state index contributed by atoms with van der Waals surface area (Å²) < 4.78 is 38.1. The van der Waals surface area contributed by atoms with Gasteiger partial charge >= 0.3 is 6.18 Å². The number of nitrogens with zero attached hydrogens (tertiary/aromatic N) is 1. The third-order valence-corrected chi connectivity index (χ3v) is 3.11. The Morgan fingerprint density at radius 1 is 1.59 bits per heavy atom. The normalized spacial score (nSPS) is 24.4. The lowest BCUT2D eigenvalue weighted by atomic mass is 9.95. The number of rotatable bonds is 3. The second-order valence-corrected chi connectivity index (χ2v) is 4.24. The number of carbonyl (C=O) groups excluding carboxylic acids is 1. The average molecular weight is 253 g/mol. The minimum absolute atomic E-state index is 0.126. The Hall–Kier alpha value is -0.820. The second kappa shape index (κ2) is 5.68. The predicted octanol–water partition coefficient (Wildman–Crippen LogP) is 0.334. The SMILES string of the molecule is CNC(=O)[C@H]1CCCN([C@@H](CN)C(F)(F)F)C1. The molecule has 0 aliphatic carbocycles. The Morgan fingerprint density at radius 3 is 2.71 bits per heavy atom. The molecule has 0 bridgehead atoms. The van der Waals surface area contributed by atoms with Crippen molar-refractivity contribution in [1.82, 2.24) is 10.2 Å². The van der Waals surface area contributed by atoms with E-state index in [1.54, 1.807) is 0 Å². The molecule has 2 atom stereocenters. The molecule has 1 heterocycles. The first-order valence-electron chi connectivity index (χ1n) is 5.62. The number of piperidine rings is 1. The number of alkyl halides is 3. The number of amides is 1. The molecule has 0 radical (unpaired) electrons. The predicted molar refractivity (Wildman–Crippen MR) is 57.3 cm³/mol. The molecule has 4 nitrogen and oxygen atoms in total. The van der Waals surface area contributed by atoms with Gasteiger partial charge < -0.3 is 11.1 Å². The fraction of sp³-hybridized carbons (Fsp3) is 0.900. The third-order valence-electron chi connectivity index (χ3n) is 3.11. The van der Waals surface area contributed by atoms with E-state index in [0.717, 1.165) is 0 Å². The molecule has 0 spiro atoms. The molecule has 1 aliphatic heterocycles. The summed E-state index contributed by atoms with van der Waals surface area (Å²) in [6.07, 6.45) is -3.12. The number of hydrogen-bond donors (Lipinski definition) is 2. The Bertz CT molecular complexity index is 270. The van der Waals surface area contributed by atoms with Crippen molar-refractivity contribution in [1.29, 1.82) is 0 Å². The van der Waals surface area contributed by atoms with Crippen molar-refractivity contribution in [2.45, 2.75) is 25.1 Å². The molecule has 1 saturated heterocycles. The van der Waals surface area contributed by atoms with Gasteiger partial charge in [0, 0.05) is 20.1 Å². The highest BCUT2D eigenvalue weighted by atomic mass is 19.4. The van der Waals surface area contributed by atoms with Crippen molar-refractivity contribution in [2.24, 2.45) is 11.7 Å². The van der Waals surface area contributed by atoms with Gasteiger partial charge in [0.2, 0.25) is 5.91 Å². The van der Waals surface area contributed by atoms with E-state index in [9.17, 15) is 18.0 Å². The van der Waals surface area contributed by atoms with Crippen LogP contribution in [0.1, 0.15) is 12.8 Å². The van der Waals surface area contributed by atoms with E-state index in [0.29, 0.717) is 19.4 Å². The number of hydrogen-bond acceptors (Lipinski definition) is 3. The van der Waals surface area contributed by atoms with E-state index in [1.165, 1.54) is 11.9 Å². The molecule has 1 fully saturated rings. The summed E-state index contributed by atoms with van der Waals surface area (Å²) >= 11 is 0. The van der Waals surface area contributed by atoms with Gasteiger partial charge in [-0.15, -0.1) is 0 Å². The van der Waals surface area contributed by atoms with Gasteiger partial charge in [0.1, 0.15) is 6.04 Å². The quantitative estimate of drug-likeness (QED) is 0.762. The first-order valence-corrected chi connectivity index (χ1v) is 5.62. The fourth-order valence-corrected chi connectivity index (χ4v) is 2.20. The molecule has 0 aromatic heterocycles. The third kappa shape index (κ3) is 3.57. The highest BCUT2D eigenvalue weighted by Crippen LogP contribution is 2.28. The molecule has 7 heteroatoms. The van der Waals surface area contributed by atoms with Crippen molar-refractivity contribution in [3.8, 4) is 0 Å². The summed E-state index contributed by atoms with van der Waals surface area (Å²) in [6.45, 7) is -0.000114. The van der Waals surface area contributed by atoms with Gasteiger partial charge in [-0.3, -0.25) is 9.69 Å². The van der Waals surface area contributed by atoms with Gasteiger partial charge in [0.25, 0.3) is 0 Å². The van der Waals surface area contributed by atoms with Crippen molar-refractivity contribution >= 4 is 5.91 Å². The molecule has 0 aromatic rings. The highest BCUT2D eigenvalue weighted by Gasteiger charge is 2.44. The van der Waals surface area contributed by atoms with E-state index in [2.05, 4.69) is 5.32 Å². The highest BCUT2D eigenvalue weighted by molar-refractivity contribution is 5.78. The lowest BCUT2D eigenvalue weighted by molar-refractivity contribution is -0.185. The van der Waals surface area contributed by atoms with Crippen LogP contribution in [0.5, 0.6) is 0 Å². The zero-order valence-corrected chi connectivity index (χ0v) is 9.76. The zero-order chi connectivity index (χ0) is 13.1. The summed E-state index contributed by atoms with van der Waals surface area (Å²) in [5.74, 6) is -0.571. The standard InChI is InChI=1S/C10H18F3N3O/c1-15-9(17)7-3-2-4-16(6-7)8(5-14)10(11,12)13/h7-8H,2-6,14H2,1H3,(H,15,17)/t7-,8-/m0/s1. The first kappa shape index (κ1) is 14.2. The maximum Gasteiger partial charge on any atom is 0.405 e. The summed E-state index contributed by atoms with van der Waals surface area (Å²) in [7, 11) is 1.49. The molecule has 0 saturated carbocycles. The summed E-state index contributed by atoms with van der Waals surface area (Å²) in [4.78, 5) is 12.7. The van der Waals surface area contributed by atoms with E-state index >= 15 is 0 Å². The number of nitrogens with two attached hydrogens (primary N) is 1. The molecule has 3 N–H and O–H groups in total. The maximum atomic E-state index is 12.7. The van der Waals surface area contributed by atoms with Gasteiger partial charge in [-0.25, -0.2) is 0 Å². The average Bonchev–Trinajstić information content (AvgIpc) is 2.27. The van der Waals surface area contributed by atoms with Crippen molar-refractivity contribution < 1.29 is 18.0 Å². The van der Waals surface area contributed by atoms with Crippen molar-refractivity contribution in [3.05, 3.63) is 0 Å². The number of nitrogens with one attached hydrogen (secondary N) is 1. The first-order chi connectivity index (χ1) is 7.90. The fourth-order valence-electron chi connectivity index (χ4n) is 2.20. The van der Waals surface area contributed by atoms with Crippen LogP contribution in [-0.4, -0.2) is 49.7 Å². The number of carbonyl (C=O) groups is 1. The van der Waals surface area contributed by atoms with Crippen LogP contribution in [0.4, 0.5) is 13.2 Å². The molecule has 1 rings (SSSR count). The van der Waals surface area contributed by atoms with Gasteiger partial charge in [-0.05, 0) is 19.4 Å². The van der Waals surface area contributed by atoms with Crippen LogP contribution in [-0.2, 0) is 4.79 Å². The number of halogens is 3. The van der Waals surface area contributed by atoms with Crippen molar-refractivity contribution in [2.75, 3.05) is 26.7 Å². The van der Waals surface area contributed by atoms with Gasteiger partial charge in [-0.2, -0.15) is 13.2 Å². The lowest BCUT2D eigenvalue weighted by Gasteiger charge is -2.37. The van der Waals surface area contributed by atoms with Crippen LogP contribution in [0.25, 0.3) is 0 Å². The maximum absolute atomic E-state index is 12.7. The topological polar surface area (TPSA) is 58.4 Å². The molecular formula is C10H18F3N3O. The molecular weight excluding hydrogens is 235 g/mol. The summed E-state index contributed by atoms with van der Waals surface area (Å²) in [5, 5.41) is 2.47. The minimum atomic E-state index is -4.33. The Balaban J connectivity index is 2.68. The smallest absolute Gasteiger partial charge is 0.359 e. The molecule has 100 valence electrons. The van der Waals surface area contributed by atoms with Gasteiger partial charge in [-0.1, -0.05) is 0 Å². The number of likely N-dealkylation sites (tertiary alicyclic amines) is 1. The summed E-state index contributed by atoms with van der Waals surface area (Å²) in [5.41, 5.74) is 5.18. The van der Waals surface area contributed by atoms with Crippen LogP contribution in [0.3, 0.4) is 0 Å². The largest absolute Gasteiger partial charge is 0.405 e. The molecule has 1 amide bonds. The van der Waals surface area contributed by atoms with Gasteiger partial charge in [0.15, 0.2) is 0 Å². The minimum Gasteiger partial charge on any atom is -0.359 e. The van der Waals surface area contributed by atoms with Gasteiger partial charge in [0.05, 0.1) is 5.92 Å². The molecule has 0 aromatic carbocycles. The Kier molecular flexibility index (Phi) is 4.76. The van der Waals surface area contributed by atoms with E-state index in [-0.39, 0.29) is 18.4 Å². The van der Waals surface area contributed by atoms with E-state index < -0.39 is 18.8 Å². The van der Waals surface area contributed by atoms with Crippen LogP contribution in [0.2, 0.25) is 0 Å². The Morgan fingerprint density at radius 2 is 2.24 bits per heavy atom. The molecule has 1 aliphatic rings. The van der Waals surface area contributed by atoms with E-state index in [1.807, 2.05) is 0 Å². The second-order valence-electron chi connectivity index (χ2n) is 4.24. The van der Waals surface area contributed by atoms with Crippen LogP contribution in [0.15, 0.2) is 0 Å². The Labute approximate surface area is 98.3 Å². The lowest BCUT2D eigenvalue weighted by Crippen LogP contribution is -2.55.